The van der Waals surface area contributed by atoms with Gasteiger partial charge in [0.05, 0.1) is 5.60 Å². The predicted molar refractivity (Wildman–Crippen MR) is 76.8 cm³/mol. The van der Waals surface area contributed by atoms with Gasteiger partial charge in [-0.2, -0.15) is 0 Å². The van der Waals surface area contributed by atoms with Gasteiger partial charge >= 0.3 is 0 Å². The average Bonchev–Trinajstić information content (AvgIpc) is 3.01. The second-order valence-electron chi connectivity index (χ2n) is 7.18. The maximum atomic E-state index is 11.2. The van der Waals surface area contributed by atoms with Crippen molar-refractivity contribution >= 4 is 0 Å². The molecule has 19 heavy (non-hydrogen) atoms. The highest BCUT2D eigenvalue weighted by atomic mass is 16.3. The van der Waals surface area contributed by atoms with Crippen molar-refractivity contribution in [1.82, 2.24) is 0 Å². The summed E-state index contributed by atoms with van der Waals surface area (Å²) in [6.45, 7) is 0. The van der Waals surface area contributed by atoms with Gasteiger partial charge in [-0.25, -0.2) is 0 Å². The fourth-order valence-corrected chi connectivity index (χ4v) is 5.17. The fraction of sp³-hybridized carbons (Fsp3) is 0.667. The monoisotopic (exact) mass is 256 g/mol. The third-order valence-electron chi connectivity index (χ3n) is 6.04. The Balaban J connectivity index is 1.60. The third kappa shape index (κ3) is 1.94. The molecule has 2 bridgehead atoms. The molecule has 1 nitrogen and oxygen atoms in total. The Labute approximate surface area is 116 Å². The van der Waals surface area contributed by atoms with Crippen molar-refractivity contribution < 1.29 is 5.11 Å². The van der Waals surface area contributed by atoms with Crippen LogP contribution in [0.5, 0.6) is 0 Å². The highest BCUT2D eigenvalue weighted by Gasteiger charge is 2.44. The minimum absolute atomic E-state index is 0.524. The summed E-state index contributed by atoms with van der Waals surface area (Å²) in [6.07, 6.45) is 9.99. The zero-order valence-electron chi connectivity index (χ0n) is 11.6. The van der Waals surface area contributed by atoms with E-state index >= 15 is 0 Å². The minimum Gasteiger partial charge on any atom is -0.385 e. The first-order valence-electron chi connectivity index (χ1n) is 8.05. The van der Waals surface area contributed by atoms with Gasteiger partial charge in [-0.15, -0.1) is 0 Å². The topological polar surface area (TPSA) is 20.2 Å². The molecule has 4 rings (SSSR count). The Kier molecular flexibility index (Phi) is 2.73. The van der Waals surface area contributed by atoms with E-state index in [0.717, 1.165) is 43.4 Å². The second kappa shape index (κ2) is 4.34. The van der Waals surface area contributed by atoms with Gasteiger partial charge < -0.3 is 5.11 Å². The minimum atomic E-state index is -0.524. The van der Waals surface area contributed by atoms with Crippen molar-refractivity contribution in [3.63, 3.8) is 0 Å². The van der Waals surface area contributed by atoms with Crippen LogP contribution in [0.25, 0.3) is 0 Å². The summed E-state index contributed by atoms with van der Waals surface area (Å²) in [5.41, 5.74) is 2.10. The Morgan fingerprint density at radius 1 is 1.16 bits per heavy atom. The van der Waals surface area contributed by atoms with Gasteiger partial charge in [0.15, 0.2) is 0 Å². The maximum absolute atomic E-state index is 11.2. The molecule has 0 aliphatic heterocycles. The number of fused-ring (bicyclic) bond motifs is 3. The van der Waals surface area contributed by atoms with Crippen LogP contribution in [0.1, 0.15) is 56.1 Å². The molecule has 0 radical (unpaired) electrons. The highest BCUT2D eigenvalue weighted by molar-refractivity contribution is 5.34. The van der Waals surface area contributed by atoms with Gasteiger partial charge in [0.2, 0.25) is 0 Å². The molecular weight excluding hydrogens is 232 g/mol. The van der Waals surface area contributed by atoms with E-state index in [-0.39, 0.29) is 0 Å². The van der Waals surface area contributed by atoms with Crippen molar-refractivity contribution in [3.8, 4) is 0 Å². The molecule has 1 aromatic carbocycles. The van der Waals surface area contributed by atoms with Crippen LogP contribution < -0.4 is 0 Å². The molecule has 3 aliphatic carbocycles. The normalized spacial score (nSPS) is 40.4. The first kappa shape index (κ1) is 12.0. The number of aliphatic hydroxyl groups is 1. The molecule has 1 N–H and O–H groups in total. The lowest BCUT2D eigenvalue weighted by molar-refractivity contribution is -0.0130. The predicted octanol–water partition coefficient (Wildman–Crippen LogP) is 4.04. The van der Waals surface area contributed by atoms with E-state index in [1.807, 2.05) is 0 Å². The molecule has 0 saturated heterocycles. The number of benzene rings is 1. The summed E-state index contributed by atoms with van der Waals surface area (Å²) in [4.78, 5) is 0. The highest BCUT2D eigenvalue weighted by Crippen LogP contribution is 2.53. The van der Waals surface area contributed by atoms with Crippen LogP contribution in [-0.2, 0) is 12.0 Å². The Hall–Kier alpha value is -0.820. The van der Waals surface area contributed by atoms with Gasteiger partial charge in [0.25, 0.3) is 0 Å². The van der Waals surface area contributed by atoms with Crippen molar-refractivity contribution in [2.75, 3.05) is 0 Å². The molecule has 2 fully saturated rings. The number of aryl methyl sites for hydroxylation is 1. The van der Waals surface area contributed by atoms with Crippen LogP contribution in [0.3, 0.4) is 0 Å². The third-order valence-corrected chi connectivity index (χ3v) is 6.04. The standard InChI is InChI=1S/C18H24O/c19-18(12-16-11-13-7-8-15(16)10-13)9-3-5-14-4-1-2-6-17(14)18/h1-2,4,6,13,15-16,19H,3,5,7-12H2. The summed E-state index contributed by atoms with van der Waals surface area (Å²) in [5, 5.41) is 11.2. The zero-order valence-corrected chi connectivity index (χ0v) is 11.6. The van der Waals surface area contributed by atoms with E-state index in [9.17, 15) is 5.11 Å². The lowest BCUT2D eigenvalue weighted by Crippen LogP contribution is -2.34. The van der Waals surface area contributed by atoms with E-state index in [1.54, 1.807) is 0 Å². The number of hydrogen-bond donors (Lipinski definition) is 1. The molecule has 3 aliphatic rings. The molecule has 4 unspecified atom stereocenters. The smallest absolute Gasteiger partial charge is 0.0902 e. The van der Waals surface area contributed by atoms with E-state index in [1.165, 1.54) is 36.8 Å². The summed E-state index contributed by atoms with van der Waals surface area (Å²) in [6, 6.07) is 8.58. The van der Waals surface area contributed by atoms with E-state index < -0.39 is 5.60 Å². The molecule has 0 aromatic heterocycles. The number of rotatable bonds is 2. The van der Waals surface area contributed by atoms with Crippen LogP contribution in [0.2, 0.25) is 0 Å². The van der Waals surface area contributed by atoms with Crippen LogP contribution >= 0.6 is 0 Å². The Bertz CT molecular complexity index is 480. The quantitative estimate of drug-likeness (QED) is 0.846. The molecule has 4 atom stereocenters. The van der Waals surface area contributed by atoms with Gasteiger partial charge in [-0.3, -0.25) is 0 Å². The maximum Gasteiger partial charge on any atom is 0.0902 e. The lowest BCUT2D eigenvalue weighted by atomic mass is 9.71. The van der Waals surface area contributed by atoms with Gasteiger partial charge in [-0.05, 0) is 73.8 Å². The van der Waals surface area contributed by atoms with Gasteiger partial charge in [0.1, 0.15) is 0 Å². The summed E-state index contributed by atoms with van der Waals surface area (Å²) >= 11 is 0. The molecule has 0 amide bonds. The van der Waals surface area contributed by atoms with Crippen LogP contribution in [-0.4, -0.2) is 5.11 Å². The summed E-state index contributed by atoms with van der Waals surface area (Å²) < 4.78 is 0. The lowest BCUT2D eigenvalue weighted by Gasteiger charge is -2.38. The largest absolute Gasteiger partial charge is 0.385 e. The second-order valence-corrected chi connectivity index (χ2v) is 7.18. The van der Waals surface area contributed by atoms with Gasteiger partial charge in [0, 0.05) is 0 Å². The molecule has 1 heteroatoms. The van der Waals surface area contributed by atoms with Crippen LogP contribution in [0, 0.1) is 17.8 Å². The van der Waals surface area contributed by atoms with Crippen LogP contribution in [0.4, 0.5) is 0 Å². The summed E-state index contributed by atoms with van der Waals surface area (Å²) in [5.74, 6) is 2.69. The first-order chi connectivity index (χ1) is 9.24. The van der Waals surface area contributed by atoms with Crippen molar-refractivity contribution in [2.45, 2.75) is 57.0 Å². The van der Waals surface area contributed by atoms with Crippen molar-refractivity contribution in [3.05, 3.63) is 35.4 Å². The molecule has 0 spiro atoms. The Morgan fingerprint density at radius 3 is 2.84 bits per heavy atom. The average molecular weight is 256 g/mol. The van der Waals surface area contributed by atoms with Gasteiger partial charge in [-0.1, -0.05) is 30.7 Å². The zero-order chi connectivity index (χ0) is 12.9. The molecular formula is C18H24O. The van der Waals surface area contributed by atoms with Crippen molar-refractivity contribution in [2.24, 2.45) is 17.8 Å². The van der Waals surface area contributed by atoms with Crippen LogP contribution in [0.15, 0.2) is 24.3 Å². The molecule has 2 saturated carbocycles. The Morgan fingerprint density at radius 2 is 2.05 bits per heavy atom. The summed E-state index contributed by atoms with van der Waals surface area (Å²) in [7, 11) is 0. The van der Waals surface area contributed by atoms with E-state index in [2.05, 4.69) is 24.3 Å². The number of hydrogen-bond acceptors (Lipinski definition) is 1. The van der Waals surface area contributed by atoms with E-state index in [4.69, 9.17) is 0 Å². The molecule has 1 aromatic rings. The van der Waals surface area contributed by atoms with Crippen molar-refractivity contribution in [1.29, 1.82) is 0 Å². The fourth-order valence-electron chi connectivity index (χ4n) is 5.17. The first-order valence-corrected chi connectivity index (χ1v) is 8.05. The molecule has 0 heterocycles. The van der Waals surface area contributed by atoms with E-state index in [0.29, 0.717) is 0 Å². The molecule has 102 valence electrons. The SMILES string of the molecule is OC1(CC2CC3CCC2C3)CCCc2ccccc21.